The van der Waals surface area contributed by atoms with Gasteiger partial charge in [0, 0.05) is 19.1 Å². The molecule has 0 spiro atoms. The van der Waals surface area contributed by atoms with Crippen molar-refractivity contribution in [3.8, 4) is 0 Å². The van der Waals surface area contributed by atoms with Crippen LogP contribution in [0, 0.1) is 19.8 Å². The van der Waals surface area contributed by atoms with Crippen LogP contribution in [0.4, 0.5) is 0 Å². The molecule has 0 amide bonds. The van der Waals surface area contributed by atoms with Gasteiger partial charge < -0.3 is 5.73 Å². The lowest BCUT2D eigenvalue weighted by atomic mass is 10.00. The van der Waals surface area contributed by atoms with Gasteiger partial charge in [-0.25, -0.2) is 0 Å². The van der Waals surface area contributed by atoms with Crippen molar-refractivity contribution in [1.29, 1.82) is 0 Å². The first-order valence-electron chi connectivity index (χ1n) is 6.59. The second kappa shape index (κ2) is 5.19. The van der Waals surface area contributed by atoms with Gasteiger partial charge in [-0.3, -0.25) is 4.90 Å². The van der Waals surface area contributed by atoms with Crippen LogP contribution in [0.15, 0.2) is 18.2 Å². The summed E-state index contributed by atoms with van der Waals surface area (Å²) < 4.78 is 0. The molecule has 1 saturated carbocycles. The molecule has 2 heteroatoms. The second-order valence-electron chi connectivity index (χ2n) is 5.48. The molecule has 1 aliphatic carbocycles. The third-order valence-electron chi connectivity index (χ3n) is 3.91. The topological polar surface area (TPSA) is 29.3 Å². The molecule has 1 aromatic carbocycles. The Kier molecular flexibility index (Phi) is 3.85. The Bertz CT molecular complexity index is 383. The Morgan fingerprint density at radius 2 is 2.00 bits per heavy atom. The summed E-state index contributed by atoms with van der Waals surface area (Å²) in [5.74, 6) is 0.917. The van der Waals surface area contributed by atoms with Gasteiger partial charge in [-0.1, -0.05) is 18.2 Å². The van der Waals surface area contributed by atoms with Gasteiger partial charge >= 0.3 is 0 Å². The molecule has 0 aliphatic heterocycles. The number of rotatable bonds is 5. The minimum atomic E-state index is 0.370. The predicted octanol–water partition coefficient (Wildman–Crippen LogP) is 2.65. The van der Waals surface area contributed by atoms with Crippen LogP contribution in [0.1, 0.15) is 35.6 Å². The SMILES string of the molecule is Cc1ccc(C(CN)N(C)CC2CC2)cc1C. The van der Waals surface area contributed by atoms with Crippen LogP contribution in [-0.2, 0) is 0 Å². The second-order valence-corrected chi connectivity index (χ2v) is 5.48. The lowest BCUT2D eigenvalue weighted by Crippen LogP contribution is -2.32. The van der Waals surface area contributed by atoms with Crippen LogP contribution in [0.25, 0.3) is 0 Å². The van der Waals surface area contributed by atoms with Gasteiger partial charge in [0.15, 0.2) is 0 Å². The van der Waals surface area contributed by atoms with Crippen LogP contribution in [0.5, 0.6) is 0 Å². The van der Waals surface area contributed by atoms with Crippen LogP contribution in [0.3, 0.4) is 0 Å². The van der Waals surface area contributed by atoms with Gasteiger partial charge in [-0.2, -0.15) is 0 Å². The smallest absolute Gasteiger partial charge is 0.0467 e. The highest BCUT2D eigenvalue weighted by atomic mass is 15.1. The average molecular weight is 232 g/mol. The van der Waals surface area contributed by atoms with Crippen LogP contribution < -0.4 is 5.73 Å². The number of aryl methyl sites for hydroxylation is 2. The molecular weight excluding hydrogens is 208 g/mol. The number of benzene rings is 1. The third-order valence-corrected chi connectivity index (χ3v) is 3.91. The van der Waals surface area contributed by atoms with E-state index in [1.165, 1.54) is 36.1 Å². The average Bonchev–Trinajstić information content (AvgIpc) is 3.08. The molecule has 1 aromatic rings. The van der Waals surface area contributed by atoms with Gasteiger partial charge in [0.2, 0.25) is 0 Å². The van der Waals surface area contributed by atoms with Crippen molar-refractivity contribution in [3.63, 3.8) is 0 Å². The van der Waals surface area contributed by atoms with E-state index in [1.807, 2.05) is 0 Å². The van der Waals surface area contributed by atoms with E-state index >= 15 is 0 Å². The zero-order valence-corrected chi connectivity index (χ0v) is 11.2. The molecule has 1 fully saturated rings. The summed E-state index contributed by atoms with van der Waals surface area (Å²) in [4.78, 5) is 2.42. The largest absolute Gasteiger partial charge is 0.329 e. The molecule has 0 heterocycles. The van der Waals surface area contributed by atoms with Crippen molar-refractivity contribution in [3.05, 3.63) is 34.9 Å². The lowest BCUT2D eigenvalue weighted by Gasteiger charge is -2.27. The Morgan fingerprint density at radius 3 is 2.53 bits per heavy atom. The fourth-order valence-electron chi connectivity index (χ4n) is 2.38. The van der Waals surface area contributed by atoms with Crippen molar-refractivity contribution in [1.82, 2.24) is 4.90 Å². The van der Waals surface area contributed by atoms with E-state index in [0.717, 1.165) is 5.92 Å². The van der Waals surface area contributed by atoms with E-state index in [1.54, 1.807) is 0 Å². The van der Waals surface area contributed by atoms with E-state index in [9.17, 15) is 0 Å². The van der Waals surface area contributed by atoms with E-state index in [-0.39, 0.29) is 0 Å². The van der Waals surface area contributed by atoms with Crippen molar-refractivity contribution in [2.75, 3.05) is 20.1 Å². The molecule has 0 aromatic heterocycles. The summed E-state index contributed by atoms with van der Waals surface area (Å²) in [6, 6.07) is 7.09. The van der Waals surface area contributed by atoms with Gasteiger partial charge in [0.1, 0.15) is 0 Å². The highest BCUT2D eigenvalue weighted by Crippen LogP contribution is 2.32. The monoisotopic (exact) mass is 232 g/mol. The molecule has 0 radical (unpaired) electrons. The van der Waals surface area contributed by atoms with E-state index in [2.05, 4.69) is 44.0 Å². The Balaban J connectivity index is 2.12. The zero-order chi connectivity index (χ0) is 12.4. The predicted molar refractivity (Wildman–Crippen MR) is 73.1 cm³/mol. The molecule has 1 atom stereocenters. The summed E-state index contributed by atoms with van der Waals surface area (Å²) in [5, 5.41) is 0. The Morgan fingerprint density at radius 1 is 1.29 bits per heavy atom. The molecule has 0 bridgehead atoms. The Labute approximate surface area is 105 Å². The number of hydrogen-bond acceptors (Lipinski definition) is 2. The molecule has 1 unspecified atom stereocenters. The summed E-state index contributed by atoms with van der Waals surface area (Å²) in [7, 11) is 2.20. The number of hydrogen-bond donors (Lipinski definition) is 1. The van der Waals surface area contributed by atoms with Gasteiger partial charge in [-0.05, 0) is 56.3 Å². The van der Waals surface area contributed by atoms with Gasteiger partial charge in [-0.15, -0.1) is 0 Å². The molecule has 94 valence electrons. The lowest BCUT2D eigenvalue weighted by molar-refractivity contribution is 0.240. The molecule has 1 aliphatic rings. The van der Waals surface area contributed by atoms with Crippen molar-refractivity contribution >= 4 is 0 Å². The molecule has 0 saturated heterocycles. The quantitative estimate of drug-likeness (QED) is 0.845. The first kappa shape index (κ1) is 12.6. The summed E-state index contributed by atoms with van der Waals surface area (Å²) in [6.07, 6.45) is 2.79. The van der Waals surface area contributed by atoms with Crippen molar-refractivity contribution < 1.29 is 0 Å². The number of nitrogens with two attached hydrogens (primary N) is 1. The summed E-state index contributed by atoms with van der Waals surface area (Å²) in [5.41, 5.74) is 10.0. The van der Waals surface area contributed by atoms with Gasteiger partial charge in [0.25, 0.3) is 0 Å². The first-order chi connectivity index (χ1) is 8.11. The van der Waals surface area contributed by atoms with Crippen molar-refractivity contribution in [2.24, 2.45) is 11.7 Å². The Hall–Kier alpha value is -0.860. The highest BCUT2D eigenvalue weighted by molar-refractivity contribution is 5.32. The van der Waals surface area contributed by atoms with E-state index in [4.69, 9.17) is 5.73 Å². The molecule has 2 rings (SSSR count). The van der Waals surface area contributed by atoms with Crippen LogP contribution in [0.2, 0.25) is 0 Å². The molecule has 17 heavy (non-hydrogen) atoms. The van der Waals surface area contributed by atoms with Crippen molar-refractivity contribution in [2.45, 2.75) is 32.7 Å². The maximum atomic E-state index is 5.95. The highest BCUT2D eigenvalue weighted by Gasteiger charge is 2.26. The van der Waals surface area contributed by atoms with E-state index < -0.39 is 0 Å². The zero-order valence-electron chi connectivity index (χ0n) is 11.2. The number of nitrogens with zero attached hydrogens (tertiary/aromatic N) is 1. The van der Waals surface area contributed by atoms with Crippen LogP contribution in [-0.4, -0.2) is 25.0 Å². The number of likely N-dealkylation sites (N-methyl/N-ethyl adjacent to an activating group) is 1. The van der Waals surface area contributed by atoms with E-state index in [0.29, 0.717) is 12.6 Å². The molecule has 2 nitrogen and oxygen atoms in total. The maximum Gasteiger partial charge on any atom is 0.0467 e. The fraction of sp³-hybridized carbons (Fsp3) is 0.600. The maximum absolute atomic E-state index is 5.95. The summed E-state index contributed by atoms with van der Waals surface area (Å²) >= 11 is 0. The van der Waals surface area contributed by atoms with Gasteiger partial charge in [0.05, 0.1) is 0 Å². The standard InChI is InChI=1S/C15H24N2/c1-11-4-7-14(8-12(11)2)15(9-16)17(3)10-13-5-6-13/h4,7-8,13,15H,5-6,9-10,16H2,1-3H3. The molecule has 2 N–H and O–H groups in total. The third kappa shape index (κ3) is 3.08. The minimum Gasteiger partial charge on any atom is -0.329 e. The summed E-state index contributed by atoms with van der Waals surface area (Å²) in [6.45, 7) is 6.22. The minimum absolute atomic E-state index is 0.370. The normalized spacial score (nSPS) is 17.5. The fourth-order valence-corrected chi connectivity index (χ4v) is 2.38. The molecular formula is C15H24N2. The van der Waals surface area contributed by atoms with Crippen LogP contribution >= 0.6 is 0 Å². The first-order valence-corrected chi connectivity index (χ1v) is 6.59.